The van der Waals surface area contributed by atoms with E-state index in [4.69, 9.17) is 4.74 Å². The Morgan fingerprint density at radius 1 is 0.846 bits per heavy atom. The summed E-state index contributed by atoms with van der Waals surface area (Å²) >= 11 is 0. The maximum Gasteiger partial charge on any atom is 0.238 e. The van der Waals surface area contributed by atoms with E-state index in [1.54, 1.807) is 0 Å². The molecule has 3 rings (SSSR count). The summed E-state index contributed by atoms with van der Waals surface area (Å²) in [6.07, 6.45) is 0. The second-order valence-corrected chi connectivity index (χ2v) is 6.00. The Morgan fingerprint density at radius 2 is 1.42 bits per heavy atom. The van der Waals surface area contributed by atoms with Gasteiger partial charge in [-0.25, -0.2) is 0 Å². The highest BCUT2D eigenvalue weighted by Crippen LogP contribution is 2.22. The quantitative estimate of drug-likeness (QED) is 0.648. The molecule has 0 radical (unpaired) electrons. The Labute approximate surface area is 153 Å². The summed E-state index contributed by atoms with van der Waals surface area (Å²) in [5.41, 5.74) is 1.90. The molecule has 2 N–H and O–H groups in total. The summed E-state index contributed by atoms with van der Waals surface area (Å²) < 4.78 is 5.74. The van der Waals surface area contributed by atoms with Gasteiger partial charge in [-0.3, -0.25) is 4.79 Å². The molecule has 1 amide bonds. The summed E-state index contributed by atoms with van der Waals surface area (Å²) in [7, 11) is 0. The van der Waals surface area contributed by atoms with Crippen molar-refractivity contribution in [3.63, 3.8) is 0 Å². The molecule has 132 valence electrons. The van der Waals surface area contributed by atoms with Gasteiger partial charge in [0.15, 0.2) is 0 Å². The normalized spacial score (nSPS) is 11.6. The number of hydrogen-bond acceptors (Lipinski definition) is 3. The number of carbonyl (C=O) groups excluding carboxylic acids is 1. The third-order valence-electron chi connectivity index (χ3n) is 3.99. The first kappa shape index (κ1) is 17.7. The van der Waals surface area contributed by atoms with Gasteiger partial charge in [0.1, 0.15) is 11.5 Å². The molecular weight excluding hydrogens is 324 g/mol. The van der Waals surface area contributed by atoms with Crippen molar-refractivity contribution in [1.29, 1.82) is 0 Å². The van der Waals surface area contributed by atoms with Gasteiger partial charge < -0.3 is 15.4 Å². The molecule has 3 aromatic rings. The van der Waals surface area contributed by atoms with Gasteiger partial charge in [0.2, 0.25) is 5.91 Å². The van der Waals surface area contributed by atoms with Crippen molar-refractivity contribution in [3.05, 3.63) is 90.5 Å². The lowest BCUT2D eigenvalue weighted by Crippen LogP contribution is -2.30. The van der Waals surface area contributed by atoms with Gasteiger partial charge in [0.05, 0.1) is 6.54 Å². The van der Waals surface area contributed by atoms with E-state index >= 15 is 0 Å². The highest BCUT2D eigenvalue weighted by atomic mass is 16.5. The predicted octanol–water partition coefficient (Wildman–Crippen LogP) is 4.77. The number of hydrogen-bond donors (Lipinski definition) is 2. The number of nitrogens with one attached hydrogen (secondary N) is 2. The molecule has 0 aliphatic rings. The molecule has 4 nitrogen and oxygen atoms in total. The molecule has 0 spiro atoms. The lowest BCUT2D eigenvalue weighted by molar-refractivity contribution is -0.115. The third kappa shape index (κ3) is 5.19. The molecule has 0 aromatic heterocycles. The molecule has 0 bridgehead atoms. The summed E-state index contributed by atoms with van der Waals surface area (Å²) in [4.78, 5) is 12.1. The minimum atomic E-state index is -0.0792. The second kappa shape index (κ2) is 8.83. The van der Waals surface area contributed by atoms with Crippen LogP contribution < -0.4 is 15.4 Å². The van der Waals surface area contributed by atoms with Crippen LogP contribution in [0, 0.1) is 0 Å². The topological polar surface area (TPSA) is 50.4 Å². The first-order valence-electron chi connectivity index (χ1n) is 8.62. The fraction of sp³-hybridized carbons (Fsp3) is 0.136. The van der Waals surface area contributed by atoms with E-state index in [2.05, 4.69) is 10.6 Å². The highest BCUT2D eigenvalue weighted by Gasteiger charge is 2.07. The SMILES string of the molecule is CC(NCC(=O)Nc1ccc(Oc2ccccc2)cc1)c1ccccc1. The number of ether oxygens (including phenoxy) is 1. The molecule has 0 aliphatic heterocycles. The lowest BCUT2D eigenvalue weighted by Gasteiger charge is -2.14. The summed E-state index contributed by atoms with van der Waals surface area (Å²) in [5.74, 6) is 1.43. The Bertz CT molecular complexity index is 818. The Balaban J connectivity index is 1.48. The van der Waals surface area contributed by atoms with E-state index in [9.17, 15) is 4.79 Å². The van der Waals surface area contributed by atoms with Gasteiger partial charge in [0, 0.05) is 11.7 Å². The summed E-state index contributed by atoms with van der Waals surface area (Å²) in [6.45, 7) is 2.29. The van der Waals surface area contributed by atoms with Crippen molar-refractivity contribution in [2.24, 2.45) is 0 Å². The number of amides is 1. The highest BCUT2D eigenvalue weighted by molar-refractivity contribution is 5.92. The predicted molar refractivity (Wildman–Crippen MR) is 104 cm³/mol. The lowest BCUT2D eigenvalue weighted by atomic mass is 10.1. The molecule has 0 saturated carbocycles. The Kier molecular flexibility index (Phi) is 6.01. The van der Waals surface area contributed by atoms with Crippen molar-refractivity contribution in [2.45, 2.75) is 13.0 Å². The van der Waals surface area contributed by atoms with Gasteiger partial charge >= 0.3 is 0 Å². The maximum atomic E-state index is 12.1. The van der Waals surface area contributed by atoms with Crippen LogP contribution >= 0.6 is 0 Å². The number of anilines is 1. The first-order valence-corrected chi connectivity index (χ1v) is 8.62. The minimum Gasteiger partial charge on any atom is -0.457 e. The Morgan fingerprint density at radius 3 is 2.08 bits per heavy atom. The van der Waals surface area contributed by atoms with Gasteiger partial charge in [0.25, 0.3) is 0 Å². The van der Waals surface area contributed by atoms with E-state index in [1.807, 2.05) is 91.9 Å². The first-order chi connectivity index (χ1) is 12.7. The smallest absolute Gasteiger partial charge is 0.238 e. The largest absolute Gasteiger partial charge is 0.457 e. The monoisotopic (exact) mass is 346 g/mol. The fourth-order valence-corrected chi connectivity index (χ4v) is 2.54. The van der Waals surface area contributed by atoms with Crippen LogP contribution in [-0.4, -0.2) is 12.5 Å². The van der Waals surface area contributed by atoms with Crippen LogP contribution in [0.2, 0.25) is 0 Å². The van der Waals surface area contributed by atoms with E-state index in [0.717, 1.165) is 22.7 Å². The van der Waals surface area contributed by atoms with Gasteiger partial charge in [-0.1, -0.05) is 48.5 Å². The van der Waals surface area contributed by atoms with Crippen molar-refractivity contribution in [1.82, 2.24) is 5.32 Å². The minimum absolute atomic E-state index is 0.0792. The molecule has 26 heavy (non-hydrogen) atoms. The molecule has 3 aromatic carbocycles. The number of benzene rings is 3. The number of para-hydroxylation sites is 1. The van der Waals surface area contributed by atoms with Gasteiger partial charge in [-0.05, 0) is 48.9 Å². The zero-order chi connectivity index (χ0) is 18.2. The molecule has 0 saturated heterocycles. The average molecular weight is 346 g/mol. The van der Waals surface area contributed by atoms with Crippen LogP contribution in [0.4, 0.5) is 5.69 Å². The van der Waals surface area contributed by atoms with Crippen LogP contribution in [0.25, 0.3) is 0 Å². The van der Waals surface area contributed by atoms with Crippen molar-refractivity contribution < 1.29 is 9.53 Å². The molecular formula is C22H22N2O2. The van der Waals surface area contributed by atoms with Crippen LogP contribution in [0.15, 0.2) is 84.9 Å². The van der Waals surface area contributed by atoms with E-state index in [1.165, 1.54) is 0 Å². The number of rotatable bonds is 7. The standard InChI is InChI=1S/C22H22N2O2/c1-17(18-8-4-2-5-9-18)23-16-22(25)24-19-12-14-21(15-13-19)26-20-10-6-3-7-11-20/h2-15,17,23H,16H2,1H3,(H,24,25). The number of carbonyl (C=O) groups is 1. The molecule has 0 fully saturated rings. The molecule has 1 atom stereocenters. The summed E-state index contributed by atoms with van der Waals surface area (Å²) in [5, 5.41) is 6.11. The van der Waals surface area contributed by atoms with Gasteiger partial charge in [-0.2, -0.15) is 0 Å². The van der Waals surface area contributed by atoms with Crippen molar-refractivity contribution in [3.8, 4) is 11.5 Å². The van der Waals surface area contributed by atoms with E-state index < -0.39 is 0 Å². The molecule has 0 aliphatic carbocycles. The van der Waals surface area contributed by atoms with Crippen molar-refractivity contribution >= 4 is 11.6 Å². The summed E-state index contributed by atoms with van der Waals surface area (Å²) in [6, 6.07) is 27.1. The fourth-order valence-electron chi connectivity index (χ4n) is 2.54. The average Bonchev–Trinajstić information content (AvgIpc) is 2.69. The van der Waals surface area contributed by atoms with Crippen LogP contribution in [0.3, 0.4) is 0 Å². The van der Waals surface area contributed by atoms with Crippen LogP contribution in [0.1, 0.15) is 18.5 Å². The Hall–Kier alpha value is -3.11. The maximum absolute atomic E-state index is 12.1. The third-order valence-corrected chi connectivity index (χ3v) is 3.99. The second-order valence-electron chi connectivity index (χ2n) is 6.00. The van der Waals surface area contributed by atoms with E-state index in [-0.39, 0.29) is 18.5 Å². The zero-order valence-electron chi connectivity index (χ0n) is 14.7. The molecule has 0 heterocycles. The van der Waals surface area contributed by atoms with Crippen molar-refractivity contribution in [2.75, 3.05) is 11.9 Å². The zero-order valence-corrected chi connectivity index (χ0v) is 14.7. The van der Waals surface area contributed by atoms with Crippen LogP contribution in [0.5, 0.6) is 11.5 Å². The van der Waals surface area contributed by atoms with Crippen LogP contribution in [-0.2, 0) is 4.79 Å². The van der Waals surface area contributed by atoms with E-state index in [0.29, 0.717) is 0 Å². The molecule has 1 unspecified atom stereocenters. The molecule has 4 heteroatoms. The van der Waals surface area contributed by atoms with Gasteiger partial charge in [-0.15, -0.1) is 0 Å².